The Hall–Kier alpha value is -0.570. The van der Waals surface area contributed by atoms with Gasteiger partial charge in [-0.15, -0.1) is 0 Å². The van der Waals surface area contributed by atoms with Gasteiger partial charge in [0.1, 0.15) is 0 Å². The Morgan fingerprint density at radius 3 is 2.67 bits per heavy atom. The monoisotopic (exact) mass is 314 g/mol. The van der Waals surface area contributed by atoms with E-state index in [1.165, 1.54) is 26.4 Å². The molecule has 1 aromatic rings. The number of hydrogen-bond donors (Lipinski definition) is 0. The van der Waals surface area contributed by atoms with Gasteiger partial charge in [0.2, 0.25) is 0 Å². The Kier molecular flexibility index (Phi) is 4.00. The van der Waals surface area contributed by atoms with Crippen LogP contribution in [0.4, 0.5) is 4.39 Å². The predicted molar refractivity (Wildman–Crippen MR) is 75.7 cm³/mol. The molecule has 1 aliphatic rings. The van der Waals surface area contributed by atoms with E-state index >= 15 is 0 Å². The van der Waals surface area contributed by atoms with Crippen LogP contribution in [-0.2, 0) is 0 Å². The van der Waals surface area contributed by atoms with E-state index in [1.54, 1.807) is 12.1 Å². The molecular weight excluding hydrogens is 295 g/mol. The molecule has 1 aliphatic carbocycles. The van der Waals surface area contributed by atoms with Crippen molar-refractivity contribution >= 4 is 15.9 Å². The lowest BCUT2D eigenvalue weighted by atomic mass is 9.78. The molecule has 1 aromatic carbocycles. The van der Waals surface area contributed by atoms with Gasteiger partial charge in [0, 0.05) is 4.83 Å². The summed E-state index contributed by atoms with van der Waals surface area (Å²) in [5.41, 5.74) is 1.33. The maximum Gasteiger partial charge on any atom is 0.165 e. The van der Waals surface area contributed by atoms with Gasteiger partial charge >= 0.3 is 0 Å². The van der Waals surface area contributed by atoms with E-state index in [-0.39, 0.29) is 10.6 Å². The minimum absolute atomic E-state index is 0.218. The van der Waals surface area contributed by atoms with E-state index in [0.29, 0.717) is 17.1 Å². The van der Waals surface area contributed by atoms with E-state index in [1.807, 2.05) is 6.07 Å². The van der Waals surface area contributed by atoms with Crippen LogP contribution in [0.2, 0.25) is 0 Å². The van der Waals surface area contributed by atoms with Crippen molar-refractivity contribution in [3.05, 3.63) is 29.6 Å². The molecule has 0 aliphatic heterocycles. The highest BCUT2D eigenvalue weighted by Crippen LogP contribution is 2.52. The number of alkyl halides is 1. The zero-order chi connectivity index (χ0) is 13.3. The zero-order valence-corrected chi connectivity index (χ0v) is 12.8. The quantitative estimate of drug-likeness (QED) is 0.705. The molecule has 1 saturated carbocycles. The fourth-order valence-electron chi connectivity index (χ4n) is 2.98. The van der Waals surface area contributed by atoms with Crippen LogP contribution in [0, 0.1) is 17.2 Å². The summed E-state index contributed by atoms with van der Waals surface area (Å²) in [4.78, 5) is 0.218. The van der Waals surface area contributed by atoms with Crippen LogP contribution in [0.5, 0.6) is 5.75 Å². The number of methoxy groups -OCH3 is 1. The summed E-state index contributed by atoms with van der Waals surface area (Å²) in [7, 11) is 1.49. The summed E-state index contributed by atoms with van der Waals surface area (Å²) in [5.74, 6) is 0.588. The average molecular weight is 315 g/mol. The Balaban J connectivity index is 2.23. The van der Waals surface area contributed by atoms with Crippen molar-refractivity contribution in [3.63, 3.8) is 0 Å². The highest BCUT2D eigenvalue weighted by molar-refractivity contribution is 9.09. The van der Waals surface area contributed by atoms with E-state index in [9.17, 15) is 4.39 Å². The van der Waals surface area contributed by atoms with Crippen molar-refractivity contribution in [2.45, 2.75) is 37.9 Å². The van der Waals surface area contributed by atoms with Crippen LogP contribution >= 0.6 is 15.9 Å². The first kappa shape index (κ1) is 13.9. The molecule has 0 spiro atoms. The van der Waals surface area contributed by atoms with Crippen LogP contribution in [0.25, 0.3) is 0 Å². The number of halogens is 2. The third-order valence-corrected chi connectivity index (χ3v) is 5.35. The molecule has 0 radical (unpaired) electrons. The van der Waals surface area contributed by atoms with Gasteiger partial charge in [0.15, 0.2) is 11.6 Å². The van der Waals surface area contributed by atoms with Gasteiger partial charge in [-0.1, -0.05) is 42.3 Å². The lowest BCUT2D eigenvalue weighted by molar-refractivity contribution is 0.256. The van der Waals surface area contributed by atoms with Crippen molar-refractivity contribution in [1.29, 1.82) is 0 Å². The second kappa shape index (κ2) is 5.20. The van der Waals surface area contributed by atoms with Gasteiger partial charge < -0.3 is 4.74 Å². The summed E-state index contributed by atoms with van der Waals surface area (Å²) in [5, 5.41) is 0. The molecule has 0 aromatic heterocycles. The fraction of sp³-hybridized carbons (Fsp3) is 0.600. The summed E-state index contributed by atoms with van der Waals surface area (Å²) in [6, 6.07) is 5.25. The second-order valence-corrected chi connectivity index (χ2v) is 6.77. The SMILES string of the molecule is COc1ccc(C(Br)C2CCCC2(C)C)cc1F. The molecule has 1 fully saturated rings. The van der Waals surface area contributed by atoms with Crippen LogP contribution in [0.15, 0.2) is 18.2 Å². The number of ether oxygens (including phenoxy) is 1. The lowest BCUT2D eigenvalue weighted by Gasteiger charge is -2.31. The van der Waals surface area contributed by atoms with Crippen LogP contribution in [0.3, 0.4) is 0 Å². The van der Waals surface area contributed by atoms with Gasteiger partial charge in [-0.05, 0) is 41.9 Å². The van der Waals surface area contributed by atoms with Crippen LogP contribution < -0.4 is 4.74 Å². The first-order valence-electron chi connectivity index (χ1n) is 6.43. The Morgan fingerprint density at radius 1 is 1.44 bits per heavy atom. The molecule has 3 heteroatoms. The van der Waals surface area contributed by atoms with E-state index in [4.69, 9.17) is 4.74 Å². The van der Waals surface area contributed by atoms with Crippen LogP contribution in [-0.4, -0.2) is 7.11 Å². The number of rotatable bonds is 3. The molecule has 100 valence electrons. The molecule has 0 bridgehead atoms. The van der Waals surface area contributed by atoms with Crippen molar-refractivity contribution in [2.24, 2.45) is 11.3 Å². The molecule has 2 atom stereocenters. The maximum atomic E-state index is 13.7. The fourth-order valence-corrected chi connectivity index (χ4v) is 4.25. The average Bonchev–Trinajstić information content (AvgIpc) is 2.68. The summed E-state index contributed by atoms with van der Waals surface area (Å²) in [6.45, 7) is 4.61. The third-order valence-electron chi connectivity index (χ3n) is 4.19. The highest BCUT2D eigenvalue weighted by atomic mass is 79.9. The molecule has 0 amide bonds. The molecule has 0 heterocycles. The summed E-state index contributed by atoms with van der Waals surface area (Å²) in [6.07, 6.45) is 3.72. The Bertz CT molecular complexity index is 431. The minimum atomic E-state index is -0.282. The van der Waals surface area contributed by atoms with Gasteiger partial charge in [-0.25, -0.2) is 4.39 Å². The van der Waals surface area contributed by atoms with E-state index in [2.05, 4.69) is 29.8 Å². The standard InChI is InChI=1S/C15H20BrFO/c1-15(2)8-4-5-11(15)14(16)10-6-7-13(18-3)12(17)9-10/h6-7,9,11,14H,4-5,8H2,1-3H3. The van der Waals surface area contributed by atoms with Crippen molar-refractivity contribution in [3.8, 4) is 5.75 Å². The predicted octanol–water partition coefficient (Wildman–Crippen LogP) is 5.10. The topological polar surface area (TPSA) is 9.23 Å². The number of benzene rings is 1. The lowest BCUT2D eigenvalue weighted by Crippen LogP contribution is -2.21. The van der Waals surface area contributed by atoms with Gasteiger partial charge in [-0.2, -0.15) is 0 Å². The Labute approximate surface area is 117 Å². The van der Waals surface area contributed by atoms with Crippen LogP contribution in [0.1, 0.15) is 43.5 Å². The normalized spacial score (nSPS) is 23.9. The Morgan fingerprint density at radius 2 is 2.17 bits per heavy atom. The maximum absolute atomic E-state index is 13.7. The summed E-state index contributed by atoms with van der Waals surface area (Å²) >= 11 is 3.76. The van der Waals surface area contributed by atoms with Gasteiger partial charge in [0.25, 0.3) is 0 Å². The van der Waals surface area contributed by atoms with Crippen molar-refractivity contribution < 1.29 is 9.13 Å². The van der Waals surface area contributed by atoms with E-state index in [0.717, 1.165) is 5.56 Å². The van der Waals surface area contributed by atoms with Crippen molar-refractivity contribution in [1.82, 2.24) is 0 Å². The molecule has 0 saturated heterocycles. The highest BCUT2D eigenvalue weighted by Gasteiger charge is 2.39. The van der Waals surface area contributed by atoms with E-state index < -0.39 is 0 Å². The first-order chi connectivity index (χ1) is 8.45. The first-order valence-corrected chi connectivity index (χ1v) is 7.35. The zero-order valence-electron chi connectivity index (χ0n) is 11.2. The third kappa shape index (κ3) is 2.56. The van der Waals surface area contributed by atoms with Gasteiger partial charge in [-0.3, -0.25) is 0 Å². The minimum Gasteiger partial charge on any atom is -0.494 e. The molecule has 2 unspecified atom stereocenters. The summed E-state index contributed by atoms with van der Waals surface area (Å²) < 4.78 is 18.7. The smallest absolute Gasteiger partial charge is 0.165 e. The second-order valence-electron chi connectivity index (χ2n) is 5.78. The molecule has 0 N–H and O–H groups in total. The number of hydrogen-bond acceptors (Lipinski definition) is 1. The van der Waals surface area contributed by atoms with Gasteiger partial charge in [0.05, 0.1) is 7.11 Å². The molecule has 18 heavy (non-hydrogen) atoms. The molecule has 1 nitrogen and oxygen atoms in total. The largest absolute Gasteiger partial charge is 0.494 e. The molecular formula is C15H20BrFO. The molecule has 2 rings (SSSR count). The van der Waals surface area contributed by atoms with Crippen molar-refractivity contribution in [2.75, 3.05) is 7.11 Å².